The van der Waals surface area contributed by atoms with E-state index >= 15 is 0 Å². The molecule has 16 heavy (non-hydrogen) atoms. The van der Waals surface area contributed by atoms with Crippen molar-refractivity contribution in [2.45, 2.75) is 0 Å². The summed E-state index contributed by atoms with van der Waals surface area (Å²) in [6.45, 7) is 0. The van der Waals surface area contributed by atoms with Crippen molar-refractivity contribution < 1.29 is 9.53 Å². The second-order valence-corrected chi connectivity index (χ2v) is 4.07. The maximum atomic E-state index is 11.6. The highest BCUT2D eigenvalue weighted by molar-refractivity contribution is 9.10. The van der Waals surface area contributed by atoms with Crippen molar-refractivity contribution in [3.05, 3.63) is 34.4 Å². The summed E-state index contributed by atoms with van der Waals surface area (Å²) in [5.41, 5.74) is 7.10. The number of nitrogens with zero attached hydrogens (tertiary/aromatic N) is 1. The number of carbonyl (C=O) groups excluding carboxylic acids is 1. The number of nitrogen functional groups attached to an aromatic ring is 1. The van der Waals surface area contributed by atoms with Crippen LogP contribution >= 0.6 is 15.9 Å². The van der Waals surface area contributed by atoms with E-state index in [2.05, 4.69) is 20.9 Å². The van der Waals surface area contributed by atoms with Crippen LogP contribution < -0.4 is 5.73 Å². The van der Waals surface area contributed by atoms with Crippen LogP contribution in [0.3, 0.4) is 0 Å². The Kier molecular flexibility index (Phi) is 2.78. The number of methoxy groups -OCH3 is 1. The molecule has 0 saturated carbocycles. The number of hydrogen-bond acceptors (Lipinski definition) is 4. The molecule has 0 aliphatic rings. The van der Waals surface area contributed by atoms with Crippen molar-refractivity contribution in [3.8, 4) is 0 Å². The smallest absolute Gasteiger partial charge is 0.340 e. The van der Waals surface area contributed by atoms with Crippen LogP contribution in [0.1, 0.15) is 10.4 Å². The average Bonchev–Trinajstić information content (AvgIpc) is 2.28. The number of anilines is 1. The summed E-state index contributed by atoms with van der Waals surface area (Å²) in [6.07, 6.45) is 1.46. The van der Waals surface area contributed by atoms with Crippen LogP contribution in [-0.4, -0.2) is 18.1 Å². The third-order valence-electron chi connectivity index (χ3n) is 2.27. The molecular formula is C11H9BrN2O2. The normalized spacial score (nSPS) is 10.4. The lowest BCUT2D eigenvalue weighted by molar-refractivity contribution is 0.0604. The molecule has 5 heteroatoms. The Hall–Kier alpha value is -1.62. The Morgan fingerprint density at radius 1 is 1.50 bits per heavy atom. The number of pyridine rings is 1. The zero-order valence-electron chi connectivity index (χ0n) is 8.53. The van der Waals surface area contributed by atoms with Crippen LogP contribution in [0.15, 0.2) is 28.9 Å². The third-order valence-corrected chi connectivity index (χ3v) is 2.91. The Morgan fingerprint density at radius 2 is 2.25 bits per heavy atom. The van der Waals surface area contributed by atoms with Gasteiger partial charge in [-0.25, -0.2) is 4.79 Å². The molecular weight excluding hydrogens is 272 g/mol. The molecule has 0 atom stereocenters. The first-order valence-corrected chi connectivity index (χ1v) is 5.35. The number of carbonyl (C=O) groups is 1. The standard InChI is InChI=1S/C11H9BrN2O2/c1-16-11(15)9-6-3-2-4-7(12)10(6)14-5-8(9)13/h2-5H,13H2,1H3. The minimum absolute atomic E-state index is 0.317. The lowest BCUT2D eigenvalue weighted by Crippen LogP contribution is -2.07. The lowest BCUT2D eigenvalue weighted by Gasteiger charge is -2.08. The SMILES string of the molecule is COC(=O)c1c(N)cnc2c(Br)cccc12. The fourth-order valence-electron chi connectivity index (χ4n) is 1.53. The molecule has 0 amide bonds. The second kappa shape index (κ2) is 4.09. The maximum Gasteiger partial charge on any atom is 0.340 e. The van der Waals surface area contributed by atoms with Gasteiger partial charge in [-0.3, -0.25) is 4.98 Å². The fraction of sp³-hybridized carbons (Fsp3) is 0.0909. The molecule has 0 fully saturated rings. The summed E-state index contributed by atoms with van der Waals surface area (Å²) in [5, 5.41) is 0.682. The van der Waals surface area contributed by atoms with Gasteiger partial charge in [0.2, 0.25) is 0 Å². The van der Waals surface area contributed by atoms with Crippen molar-refractivity contribution >= 4 is 38.5 Å². The van der Waals surface area contributed by atoms with Gasteiger partial charge in [0.25, 0.3) is 0 Å². The van der Waals surface area contributed by atoms with E-state index in [1.807, 2.05) is 12.1 Å². The van der Waals surface area contributed by atoms with Crippen molar-refractivity contribution in [3.63, 3.8) is 0 Å². The molecule has 2 aromatic rings. The van der Waals surface area contributed by atoms with Crippen LogP contribution in [0.25, 0.3) is 10.9 Å². The zero-order valence-corrected chi connectivity index (χ0v) is 10.1. The molecule has 1 aromatic carbocycles. The third kappa shape index (κ3) is 1.63. The average molecular weight is 281 g/mol. The molecule has 0 aliphatic heterocycles. The summed E-state index contributed by atoms with van der Waals surface area (Å²) >= 11 is 3.37. The van der Waals surface area contributed by atoms with Crippen LogP contribution in [0.2, 0.25) is 0 Å². The predicted octanol–water partition coefficient (Wildman–Crippen LogP) is 2.37. The number of para-hydroxylation sites is 1. The van der Waals surface area contributed by atoms with Gasteiger partial charge in [-0.2, -0.15) is 0 Å². The number of fused-ring (bicyclic) bond motifs is 1. The van der Waals surface area contributed by atoms with Crippen molar-refractivity contribution in [2.75, 3.05) is 12.8 Å². The van der Waals surface area contributed by atoms with Crippen LogP contribution in [0.5, 0.6) is 0 Å². The van der Waals surface area contributed by atoms with Crippen LogP contribution in [-0.2, 0) is 4.74 Å². The van der Waals surface area contributed by atoms with Gasteiger partial charge in [0.15, 0.2) is 0 Å². The molecule has 4 nitrogen and oxygen atoms in total. The highest BCUT2D eigenvalue weighted by atomic mass is 79.9. The molecule has 0 aliphatic carbocycles. The minimum Gasteiger partial charge on any atom is -0.465 e. The van der Waals surface area contributed by atoms with E-state index in [9.17, 15) is 4.79 Å². The van der Waals surface area contributed by atoms with Gasteiger partial charge >= 0.3 is 5.97 Å². The first-order chi connectivity index (χ1) is 7.65. The molecule has 82 valence electrons. The predicted molar refractivity (Wildman–Crippen MR) is 65.2 cm³/mol. The van der Waals surface area contributed by atoms with Gasteiger partial charge in [0, 0.05) is 9.86 Å². The number of halogens is 1. The highest BCUT2D eigenvalue weighted by Crippen LogP contribution is 2.27. The number of benzene rings is 1. The van der Waals surface area contributed by atoms with Gasteiger partial charge in [-0.05, 0) is 22.0 Å². The van der Waals surface area contributed by atoms with Crippen molar-refractivity contribution in [1.29, 1.82) is 0 Å². The quantitative estimate of drug-likeness (QED) is 0.815. The van der Waals surface area contributed by atoms with E-state index in [1.54, 1.807) is 6.07 Å². The van der Waals surface area contributed by atoms with Crippen LogP contribution in [0.4, 0.5) is 5.69 Å². The van der Waals surface area contributed by atoms with E-state index in [1.165, 1.54) is 13.3 Å². The first kappa shape index (κ1) is 10.9. The number of esters is 1. The molecule has 2 N–H and O–H groups in total. The highest BCUT2D eigenvalue weighted by Gasteiger charge is 2.15. The topological polar surface area (TPSA) is 65.2 Å². The number of rotatable bonds is 1. The summed E-state index contributed by atoms with van der Waals surface area (Å²) in [7, 11) is 1.33. The lowest BCUT2D eigenvalue weighted by atomic mass is 10.1. The molecule has 1 heterocycles. The molecule has 0 saturated heterocycles. The summed E-state index contributed by atoms with van der Waals surface area (Å²) in [6, 6.07) is 5.46. The molecule has 0 unspecified atom stereocenters. The molecule has 1 aromatic heterocycles. The summed E-state index contributed by atoms with van der Waals surface area (Å²) in [4.78, 5) is 15.8. The Morgan fingerprint density at radius 3 is 2.94 bits per heavy atom. The van der Waals surface area contributed by atoms with Crippen molar-refractivity contribution in [2.24, 2.45) is 0 Å². The number of hydrogen-bond donors (Lipinski definition) is 1. The number of nitrogens with two attached hydrogens (primary N) is 1. The van der Waals surface area contributed by atoms with Gasteiger partial charge in [0.05, 0.1) is 30.1 Å². The van der Waals surface area contributed by atoms with Crippen molar-refractivity contribution in [1.82, 2.24) is 4.98 Å². The Bertz CT molecular complexity index is 569. The van der Waals surface area contributed by atoms with Gasteiger partial charge in [0.1, 0.15) is 0 Å². The molecule has 0 bridgehead atoms. The van der Waals surface area contributed by atoms with Crippen LogP contribution in [0, 0.1) is 0 Å². The largest absolute Gasteiger partial charge is 0.465 e. The number of ether oxygens (including phenoxy) is 1. The maximum absolute atomic E-state index is 11.6. The summed E-state index contributed by atoms with van der Waals surface area (Å²) < 4.78 is 5.52. The second-order valence-electron chi connectivity index (χ2n) is 3.22. The van der Waals surface area contributed by atoms with Gasteiger partial charge in [-0.15, -0.1) is 0 Å². The Balaban J connectivity index is 2.85. The first-order valence-electron chi connectivity index (χ1n) is 4.56. The van der Waals surface area contributed by atoms with E-state index in [0.717, 1.165) is 4.47 Å². The zero-order chi connectivity index (χ0) is 11.7. The number of aromatic nitrogens is 1. The van der Waals surface area contributed by atoms with E-state index in [4.69, 9.17) is 10.5 Å². The molecule has 0 radical (unpaired) electrons. The minimum atomic E-state index is -0.456. The van der Waals surface area contributed by atoms with E-state index in [-0.39, 0.29) is 0 Å². The Labute approximate surface area is 101 Å². The molecule has 0 spiro atoms. The molecule has 2 rings (SSSR count). The van der Waals surface area contributed by atoms with E-state index in [0.29, 0.717) is 22.2 Å². The fourth-order valence-corrected chi connectivity index (χ4v) is 2.00. The van der Waals surface area contributed by atoms with E-state index < -0.39 is 5.97 Å². The van der Waals surface area contributed by atoms with Gasteiger partial charge in [-0.1, -0.05) is 12.1 Å². The summed E-state index contributed by atoms with van der Waals surface area (Å²) in [5.74, 6) is -0.456. The van der Waals surface area contributed by atoms with Gasteiger partial charge < -0.3 is 10.5 Å². The monoisotopic (exact) mass is 280 g/mol.